The molecule has 1 aliphatic heterocycles. The first-order valence-electron chi connectivity index (χ1n) is 10.2. The van der Waals surface area contributed by atoms with Crippen LogP contribution in [0.5, 0.6) is 5.75 Å². The number of allylic oxidation sites excluding steroid dienone is 1. The molecule has 1 aliphatic rings. The molecule has 0 aromatic carbocycles. The van der Waals surface area contributed by atoms with E-state index in [1.807, 2.05) is 37.4 Å². The third-order valence-electron chi connectivity index (χ3n) is 4.83. The second kappa shape index (κ2) is 9.61. The zero-order chi connectivity index (χ0) is 23.2. The number of amides is 3. The number of dihydropyridines is 1. The van der Waals surface area contributed by atoms with E-state index in [1.165, 1.54) is 6.20 Å². The van der Waals surface area contributed by atoms with Crippen LogP contribution in [0.4, 0.5) is 10.6 Å². The van der Waals surface area contributed by atoms with E-state index in [9.17, 15) is 9.59 Å². The first kappa shape index (κ1) is 23.0. The van der Waals surface area contributed by atoms with Gasteiger partial charge in [0.15, 0.2) is 0 Å². The minimum Gasteiger partial charge on any atom is -0.456 e. The van der Waals surface area contributed by atoms with Gasteiger partial charge in [0.25, 0.3) is 5.91 Å². The van der Waals surface area contributed by atoms with Crippen molar-refractivity contribution in [1.29, 1.82) is 0 Å². The Morgan fingerprint density at radius 1 is 1.19 bits per heavy atom. The number of imide groups is 1. The molecule has 9 nitrogen and oxygen atoms in total. The summed E-state index contributed by atoms with van der Waals surface area (Å²) in [5.41, 5.74) is -0.511. The average Bonchev–Trinajstić information content (AvgIpc) is 2.76. The fraction of sp³-hybridized carbons (Fsp3) is 0.304. The van der Waals surface area contributed by atoms with Gasteiger partial charge in [0.1, 0.15) is 22.9 Å². The molecule has 2 aromatic rings. The van der Waals surface area contributed by atoms with E-state index < -0.39 is 23.1 Å². The molecule has 0 saturated heterocycles. The number of rotatable bonds is 7. The molecule has 32 heavy (non-hydrogen) atoms. The summed E-state index contributed by atoms with van der Waals surface area (Å²) in [5.74, 6) is 0.874. The molecule has 9 heteroatoms. The van der Waals surface area contributed by atoms with Gasteiger partial charge in [-0.2, -0.15) is 0 Å². The Balaban J connectivity index is 1.61. The molecule has 3 amide bonds. The van der Waals surface area contributed by atoms with Gasteiger partial charge in [0, 0.05) is 25.2 Å². The van der Waals surface area contributed by atoms with Crippen molar-refractivity contribution >= 4 is 17.8 Å². The lowest BCUT2D eigenvalue weighted by molar-refractivity contribution is -0.140. The molecule has 0 spiro atoms. The number of carbonyl (C=O) groups is 2. The maximum absolute atomic E-state index is 12.1. The number of nitrogens with one attached hydrogen (secondary N) is 3. The SMILES string of the molecule is CCOC(C)(C)C(=O)NC(=O)Nc1ccc(OC2=CC(C)(c3ccncc3)NC=C2)cn1. The Kier molecular flexibility index (Phi) is 6.89. The highest BCUT2D eigenvalue weighted by molar-refractivity contribution is 6.03. The third kappa shape index (κ3) is 5.70. The smallest absolute Gasteiger partial charge is 0.327 e. The van der Waals surface area contributed by atoms with Crippen molar-refractivity contribution in [2.45, 2.75) is 38.8 Å². The Morgan fingerprint density at radius 2 is 1.94 bits per heavy atom. The van der Waals surface area contributed by atoms with E-state index >= 15 is 0 Å². The number of carbonyl (C=O) groups excluding carboxylic acids is 2. The predicted molar refractivity (Wildman–Crippen MR) is 120 cm³/mol. The first-order valence-corrected chi connectivity index (χ1v) is 10.2. The van der Waals surface area contributed by atoms with Gasteiger partial charge in [-0.3, -0.25) is 20.4 Å². The number of ether oxygens (including phenoxy) is 2. The highest BCUT2D eigenvalue weighted by Gasteiger charge is 2.29. The topological polar surface area (TPSA) is 114 Å². The van der Waals surface area contributed by atoms with Gasteiger partial charge in [-0.1, -0.05) is 0 Å². The number of anilines is 1. The van der Waals surface area contributed by atoms with Crippen LogP contribution in [-0.4, -0.2) is 34.1 Å². The van der Waals surface area contributed by atoms with E-state index in [2.05, 4.69) is 25.9 Å². The van der Waals surface area contributed by atoms with Crippen molar-refractivity contribution in [3.63, 3.8) is 0 Å². The van der Waals surface area contributed by atoms with Crippen molar-refractivity contribution in [2.75, 3.05) is 11.9 Å². The number of hydrogen-bond acceptors (Lipinski definition) is 7. The van der Waals surface area contributed by atoms with Gasteiger partial charge < -0.3 is 14.8 Å². The molecule has 0 radical (unpaired) electrons. The van der Waals surface area contributed by atoms with Crippen LogP contribution in [0.2, 0.25) is 0 Å². The lowest BCUT2D eigenvalue weighted by Gasteiger charge is -2.30. The largest absolute Gasteiger partial charge is 0.456 e. The molecule has 3 rings (SSSR count). The Hall–Kier alpha value is -3.72. The monoisotopic (exact) mass is 437 g/mol. The molecule has 0 bridgehead atoms. The van der Waals surface area contributed by atoms with Crippen LogP contribution in [0.15, 0.2) is 67.0 Å². The molecule has 2 aromatic heterocycles. The van der Waals surface area contributed by atoms with Crippen LogP contribution in [0.3, 0.4) is 0 Å². The predicted octanol–water partition coefficient (Wildman–Crippen LogP) is 3.23. The fourth-order valence-electron chi connectivity index (χ4n) is 3.08. The maximum Gasteiger partial charge on any atom is 0.327 e. The van der Waals surface area contributed by atoms with E-state index in [1.54, 1.807) is 45.3 Å². The van der Waals surface area contributed by atoms with E-state index in [4.69, 9.17) is 9.47 Å². The van der Waals surface area contributed by atoms with E-state index in [0.29, 0.717) is 18.1 Å². The quantitative estimate of drug-likeness (QED) is 0.609. The summed E-state index contributed by atoms with van der Waals surface area (Å²) < 4.78 is 11.3. The van der Waals surface area contributed by atoms with E-state index in [0.717, 1.165) is 5.56 Å². The summed E-state index contributed by atoms with van der Waals surface area (Å²) in [5, 5.41) is 8.08. The van der Waals surface area contributed by atoms with Crippen LogP contribution in [0, 0.1) is 0 Å². The molecular weight excluding hydrogens is 410 g/mol. The third-order valence-corrected chi connectivity index (χ3v) is 4.83. The molecule has 0 fully saturated rings. The van der Waals surface area contributed by atoms with Gasteiger partial charge in [-0.15, -0.1) is 0 Å². The summed E-state index contributed by atoms with van der Waals surface area (Å²) in [6, 6.07) is 6.44. The van der Waals surface area contributed by atoms with Crippen molar-refractivity contribution < 1.29 is 19.1 Å². The standard InChI is InChI=1S/C23H27N5O4/c1-5-31-22(2,3)20(29)28-21(30)27-19-7-6-18(15-25-19)32-17-10-13-26-23(4,14-17)16-8-11-24-12-9-16/h6-15,26H,5H2,1-4H3,(H2,25,27,28,29,30). The second-order valence-electron chi connectivity index (χ2n) is 7.80. The summed E-state index contributed by atoms with van der Waals surface area (Å²) in [6.07, 6.45) is 10.6. The minimum atomic E-state index is -1.11. The summed E-state index contributed by atoms with van der Waals surface area (Å²) in [4.78, 5) is 32.4. The first-order chi connectivity index (χ1) is 15.2. The lowest BCUT2D eigenvalue weighted by Crippen LogP contribution is -2.48. The molecule has 3 N–H and O–H groups in total. The highest BCUT2D eigenvalue weighted by Crippen LogP contribution is 2.27. The Morgan fingerprint density at radius 3 is 2.59 bits per heavy atom. The van der Waals surface area contributed by atoms with Crippen LogP contribution in [-0.2, 0) is 15.1 Å². The van der Waals surface area contributed by atoms with Gasteiger partial charge in [0.05, 0.1) is 11.7 Å². The van der Waals surface area contributed by atoms with Gasteiger partial charge in [-0.25, -0.2) is 9.78 Å². The molecule has 3 heterocycles. The molecule has 0 aliphatic carbocycles. The number of aromatic nitrogens is 2. The van der Waals surface area contributed by atoms with Crippen LogP contribution in [0.25, 0.3) is 0 Å². The molecule has 1 atom stereocenters. The highest BCUT2D eigenvalue weighted by atomic mass is 16.5. The molecular formula is C23H27N5O4. The number of hydrogen-bond donors (Lipinski definition) is 3. The zero-order valence-electron chi connectivity index (χ0n) is 18.5. The van der Waals surface area contributed by atoms with Crippen LogP contribution < -0.4 is 20.7 Å². The lowest BCUT2D eigenvalue weighted by atomic mass is 9.91. The van der Waals surface area contributed by atoms with Crippen LogP contribution in [0.1, 0.15) is 33.3 Å². The van der Waals surface area contributed by atoms with Gasteiger partial charge in [0.2, 0.25) is 0 Å². The Bertz CT molecular complexity index is 1020. The average molecular weight is 438 g/mol. The number of urea groups is 1. The van der Waals surface area contributed by atoms with Gasteiger partial charge in [-0.05, 0) is 69.7 Å². The fourth-order valence-corrected chi connectivity index (χ4v) is 3.08. The maximum atomic E-state index is 12.1. The Labute approximate surface area is 186 Å². The van der Waals surface area contributed by atoms with Crippen molar-refractivity contribution in [1.82, 2.24) is 20.6 Å². The van der Waals surface area contributed by atoms with E-state index in [-0.39, 0.29) is 5.82 Å². The van der Waals surface area contributed by atoms with Crippen molar-refractivity contribution in [2.24, 2.45) is 0 Å². The molecule has 168 valence electrons. The molecule has 0 saturated carbocycles. The summed E-state index contributed by atoms with van der Waals surface area (Å²) >= 11 is 0. The summed E-state index contributed by atoms with van der Waals surface area (Å²) in [7, 11) is 0. The number of nitrogens with zero attached hydrogens (tertiary/aromatic N) is 2. The normalized spacial score (nSPS) is 17.7. The summed E-state index contributed by atoms with van der Waals surface area (Å²) in [6.45, 7) is 7.35. The second-order valence-corrected chi connectivity index (χ2v) is 7.80. The number of pyridine rings is 2. The van der Waals surface area contributed by atoms with Crippen molar-refractivity contribution in [3.05, 3.63) is 72.5 Å². The molecule has 1 unspecified atom stereocenters. The van der Waals surface area contributed by atoms with Gasteiger partial charge >= 0.3 is 6.03 Å². The van der Waals surface area contributed by atoms with Crippen LogP contribution >= 0.6 is 0 Å². The van der Waals surface area contributed by atoms with Crippen molar-refractivity contribution in [3.8, 4) is 5.75 Å². The zero-order valence-corrected chi connectivity index (χ0v) is 18.5. The minimum absolute atomic E-state index is 0.272.